The van der Waals surface area contributed by atoms with Crippen molar-refractivity contribution in [2.75, 3.05) is 0 Å². The number of aryl methyl sites for hydroxylation is 1. The van der Waals surface area contributed by atoms with Crippen molar-refractivity contribution in [1.82, 2.24) is 5.14 Å². The topological polar surface area (TPSA) is 57.9 Å². The summed E-state index contributed by atoms with van der Waals surface area (Å²) in [6.07, 6.45) is 5.81. The van der Waals surface area contributed by atoms with Crippen molar-refractivity contribution in [3.05, 3.63) is 29.8 Å². The van der Waals surface area contributed by atoms with E-state index in [4.69, 9.17) is 5.14 Å². The summed E-state index contributed by atoms with van der Waals surface area (Å²) in [7, 11) is -3.80. The van der Waals surface area contributed by atoms with Gasteiger partial charge >= 0.3 is 0 Å². The van der Waals surface area contributed by atoms with Crippen LogP contribution in [0.5, 0.6) is 0 Å². The maximum atomic E-state index is 10.9. The second kappa shape index (κ2) is 6.01. The molecule has 0 aliphatic rings. The first-order valence-electron chi connectivity index (χ1n) is 5.62. The van der Waals surface area contributed by atoms with Gasteiger partial charge in [0.1, 0.15) is 0 Å². The molecule has 4 heteroatoms. The normalized spacial score (nSPS) is 11.6. The van der Waals surface area contributed by atoms with Crippen LogP contribution in [0, 0.1) is 0 Å². The molecule has 1 N–H and O–H groups in total. The predicted octanol–water partition coefficient (Wildman–Crippen LogP) is 2.78. The lowest BCUT2D eigenvalue weighted by atomic mass is 10.1. The van der Waals surface area contributed by atoms with E-state index in [9.17, 15) is 8.42 Å². The second-order valence-electron chi connectivity index (χ2n) is 3.96. The van der Waals surface area contributed by atoms with Crippen LogP contribution in [0.1, 0.15) is 38.2 Å². The molecule has 3 nitrogen and oxygen atoms in total. The van der Waals surface area contributed by atoms with Crippen LogP contribution < -0.4 is 5.14 Å². The van der Waals surface area contributed by atoms with Crippen LogP contribution in [0.25, 0.3) is 0 Å². The van der Waals surface area contributed by atoms with Crippen molar-refractivity contribution in [3.63, 3.8) is 0 Å². The lowest BCUT2D eigenvalue weighted by molar-refractivity contribution is 0.596. The minimum absolute atomic E-state index is 0.0739. The predicted molar refractivity (Wildman–Crippen MR) is 64.6 cm³/mol. The van der Waals surface area contributed by atoms with Gasteiger partial charge < -0.3 is 0 Å². The van der Waals surface area contributed by atoms with E-state index in [2.05, 4.69) is 6.92 Å². The van der Waals surface area contributed by atoms with Crippen LogP contribution in [-0.2, 0) is 16.4 Å². The molecule has 0 aliphatic heterocycles. The largest absolute Gasteiger partial charge is 0.254 e. The third-order valence-corrected chi connectivity index (χ3v) is 3.45. The van der Waals surface area contributed by atoms with Crippen molar-refractivity contribution in [2.24, 2.45) is 0 Å². The molecule has 0 spiro atoms. The fourth-order valence-electron chi connectivity index (χ4n) is 1.59. The Balaban J connectivity index is 2.52. The number of hydrogen-bond donors (Lipinski definition) is 0. The maximum absolute atomic E-state index is 10.9. The van der Waals surface area contributed by atoms with Gasteiger partial charge in [0, 0.05) is 0 Å². The zero-order valence-corrected chi connectivity index (χ0v) is 10.4. The van der Waals surface area contributed by atoms with Gasteiger partial charge in [0.15, 0.2) is 0 Å². The van der Waals surface area contributed by atoms with Crippen LogP contribution in [0.15, 0.2) is 29.2 Å². The van der Waals surface area contributed by atoms with Gasteiger partial charge in [-0.1, -0.05) is 38.3 Å². The molecule has 0 atom stereocenters. The average Bonchev–Trinajstić information content (AvgIpc) is 2.24. The molecule has 0 heterocycles. The Bertz CT molecular complexity index is 409. The molecular weight excluding hydrogens is 222 g/mol. The van der Waals surface area contributed by atoms with E-state index in [0.717, 1.165) is 18.4 Å². The van der Waals surface area contributed by atoms with Crippen LogP contribution in [0.4, 0.5) is 0 Å². The van der Waals surface area contributed by atoms with Gasteiger partial charge in [0.25, 0.3) is 10.0 Å². The monoisotopic (exact) mass is 240 g/mol. The fourth-order valence-corrected chi connectivity index (χ4v) is 2.09. The molecule has 0 aromatic heterocycles. The molecule has 0 saturated heterocycles. The first-order chi connectivity index (χ1) is 7.54. The number of hydrogen-bond acceptors (Lipinski definition) is 2. The maximum Gasteiger partial charge on any atom is 0.254 e. The Morgan fingerprint density at radius 2 is 1.69 bits per heavy atom. The van der Waals surface area contributed by atoms with Gasteiger partial charge in [0.05, 0.1) is 4.90 Å². The van der Waals surface area contributed by atoms with E-state index in [1.54, 1.807) is 12.1 Å². The molecule has 0 bridgehead atoms. The fraction of sp³-hybridized carbons (Fsp3) is 0.500. The van der Waals surface area contributed by atoms with Gasteiger partial charge in [-0.2, -0.15) is 0 Å². The SMILES string of the molecule is CCCCCCc1ccc(S([NH])(=O)=O)cc1. The van der Waals surface area contributed by atoms with Crippen LogP contribution in [-0.4, -0.2) is 8.42 Å². The van der Waals surface area contributed by atoms with Gasteiger partial charge in [-0.05, 0) is 30.5 Å². The highest BCUT2D eigenvalue weighted by atomic mass is 32.2. The highest BCUT2D eigenvalue weighted by molar-refractivity contribution is 7.88. The summed E-state index contributed by atoms with van der Waals surface area (Å²) in [4.78, 5) is 0.0739. The summed E-state index contributed by atoms with van der Waals surface area (Å²) in [6, 6.07) is 6.62. The van der Waals surface area contributed by atoms with Gasteiger partial charge in [-0.15, -0.1) is 5.14 Å². The smallest absolute Gasteiger partial charge is 0.206 e. The summed E-state index contributed by atoms with van der Waals surface area (Å²) in [5.41, 5.74) is 1.14. The van der Waals surface area contributed by atoms with Crippen molar-refractivity contribution < 1.29 is 8.42 Å². The molecule has 1 radical (unpaired) electrons. The zero-order chi connectivity index (χ0) is 12.0. The Kier molecular flexibility index (Phi) is 4.96. The summed E-state index contributed by atoms with van der Waals surface area (Å²) in [5, 5.41) is 6.91. The second-order valence-corrected chi connectivity index (χ2v) is 5.44. The molecule has 0 aliphatic carbocycles. The van der Waals surface area contributed by atoms with Crippen molar-refractivity contribution in [1.29, 1.82) is 0 Å². The van der Waals surface area contributed by atoms with Crippen molar-refractivity contribution in [3.8, 4) is 0 Å². The van der Waals surface area contributed by atoms with Crippen LogP contribution in [0.2, 0.25) is 0 Å². The minimum Gasteiger partial charge on any atom is -0.206 e. The van der Waals surface area contributed by atoms with Gasteiger partial charge in [-0.3, -0.25) is 0 Å². The van der Waals surface area contributed by atoms with E-state index in [0.29, 0.717) is 0 Å². The first-order valence-corrected chi connectivity index (χ1v) is 7.11. The number of sulfonamides is 1. The minimum atomic E-state index is -3.80. The molecular formula is C12H18NO2S. The third-order valence-electron chi connectivity index (χ3n) is 2.55. The molecule has 1 aromatic rings. The van der Waals surface area contributed by atoms with E-state index in [1.165, 1.54) is 31.4 Å². The molecule has 1 aromatic carbocycles. The molecule has 16 heavy (non-hydrogen) atoms. The summed E-state index contributed by atoms with van der Waals surface area (Å²) < 4.78 is 21.8. The molecule has 1 rings (SSSR count). The van der Waals surface area contributed by atoms with Gasteiger partial charge in [-0.25, -0.2) is 8.42 Å². The Morgan fingerprint density at radius 1 is 1.06 bits per heavy atom. The quantitative estimate of drug-likeness (QED) is 0.718. The van der Waals surface area contributed by atoms with Gasteiger partial charge in [0.2, 0.25) is 0 Å². The van der Waals surface area contributed by atoms with E-state index < -0.39 is 10.0 Å². The highest BCUT2D eigenvalue weighted by Gasteiger charge is 2.07. The summed E-state index contributed by atoms with van der Waals surface area (Å²) in [5.74, 6) is 0. The summed E-state index contributed by atoms with van der Waals surface area (Å²) in [6.45, 7) is 2.17. The number of nitrogens with one attached hydrogen (secondary N) is 1. The Hall–Kier alpha value is -0.870. The zero-order valence-electron chi connectivity index (χ0n) is 9.57. The molecule has 0 saturated carbocycles. The van der Waals surface area contributed by atoms with Crippen LogP contribution in [0.3, 0.4) is 0 Å². The average molecular weight is 240 g/mol. The lowest BCUT2D eigenvalue weighted by Gasteiger charge is -2.02. The standard InChI is InChI=1S/C12H18NO2S/c1-2-3-4-5-6-11-7-9-12(10-8-11)16(13,14)15/h7-10,13H,2-6H2,1H3. The summed E-state index contributed by atoms with van der Waals surface area (Å²) >= 11 is 0. The Morgan fingerprint density at radius 3 is 2.19 bits per heavy atom. The van der Waals surface area contributed by atoms with Crippen LogP contribution >= 0.6 is 0 Å². The van der Waals surface area contributed by atoms with Crippen molar-refractivity contribution >= 4 is 10.0 Å². The molecule has 0 unspecified atom stereocenters. The number of rotatable bonds is 6. The number of benzene rings is 1. The Labute approximate surface area is 97.7 Å². The van der Waals surface area contributed by atoms with E-state index in [-0.39, 0.29) is 4.90 Å². The number of unbranched alkanes of at least 4 members (excludes halogenated alkanes) is 3. The third kappa shape index (κ3) is 4.33. The molecule has 0 fully saturated rings. The first kappa shape index (κ1) is 13.2. The lowest BCUT2D eigenvalue weighted by Crippen LogP contribution is -2.00. The molecule has 0 amide bonds. The molecule has 89 valence electrons. The highest BCUT2D eigenvalue weighted by Crippen LogP contribution is 2.12. The van der Waals surface area contributed by atoms with Crippen molar-refractivity contribution in [2.45, 2.75) is 43.9 Å². The van der Waals surface area contributed by atoms with E-state index >= 15 is 0 Å². The van der Waals surface area contributed by atoms with E-state index in [1.807, 2.05) is 0 Å².